The third kappa shape index (κ3) is 7.68. The minimum Gasteiger partial charge on any atom is -0.467 e. The van der Waals surface area contributed by atoms with Crippen LogP contribution in [0, 0.1) is 0 Å². The molecule has 1 aromatic heterocycles. The van der Waals surface area contributed by atoms with Crippen LogP contribution in [0.1, 0.15) is 52.9 Å². The number of hydrogen-bond donors (Lipinski definition) is 1. The summed E-state index contributed by atoms with van der Waals surface area (Å²) < 4.78 is 16.7. The Labute approximate surface area is 122 Å². The Hall–Kier alpha value is -0.840. The Kier molecular flexibility index (Phi) is 6.24. The van der Waals surface area contributed by atoms with Crippen LogP contribution in [0.25, 0.3) is 0 Å². The molecule has 20 heavy (non-hydrogen) atoms. The van der Waals surface area contributed by atoms with Gasteiger partial charge in [0.05, 0.1) is 25.1 Å². The van der Waals surface area contributed by atoms with Gasteiger partial charge in [-0.1, -0.05) is 0 Å². The molecule has 0 bridgehead atoms. The summed E-state index contributed by atoms with van der Waals surface area (Å²) in [5.41, 5.74) is 1.13. The number of furan rings is 1. The van der Waals surface area contributed by atoms with Gasteiger partial charge in [0.25, 0.3) is 0 Å². The minimum absolute atomic E-state index is 0.0932. The van der Waals surface area contributed by atoms with Gasteiger partial charge < -0.3 is 19.2 Å². The highest BCUT2D eigenvalue weighted by Gasteiger charge is 2.13. The Balaban J connectivity index is 2.29. The summed E-state index contributed by atoms with van der Waals surface area (Å²) in [5, 5.41) is 3.45. The van der Waals surface area contributed by atoms with Gasteiger partial charge in [-0.3, -0.25) is 0 Å². The van der Waals surface area contributed by atoms with E-state index in [0.717, 1.165) is 17.9 Å². The van der Waals surface area contributed by atoms with E-state index in [1.54, 1.807) is 6.26 Å². The van der Waals surface area contributed by atoms with Crippen LogP contribution in [-0.2, 0) is 22.6 Å². The molecule has 4 nitrogen and oxygen atoms in total. The van der Waals surface area contributed by atoms with Gasteiger partial charge in [0, 0.05) is 17.6 Å². The molecule has 0 aliphatic heterocycles. The van der Waals surface area contributed by atoms with Crippen molar-refractivity contribution in [2.75, 3.05) is 13.2 Å². The summed E-state index contributed by atoms with van der Waals surface area (Å²) in [4.78, 5) is 0. The van der Waals surface area contributed by atoms with Crippen molar-refractivity contribution in [3.05, 3.63) is 23.7 Å². The Bertz CT molecular complexity index is 385. The van der Waals surface area contributed by atoms with Crippen LogP contribution in [-0.4, -0.2) is 24.4 Å². The third-order valence-corrected chi connectivity index (χ3v) is 2.64. The first kappa shape index (κ1) is 17.2. The summed E-state index contributed by atoms with van der Waals surface area (Å²) in [5.74, 6) is 0.887. The van der Waals surface area contributed by atoms with Gasteiger partial charge in [0.1, 0.15) is 12.4 Å². The molecule has 1 rings (SSSR count). The van der Waals surface area contributed by atoms with Gasteiger partial charge in [-0.2, -0.15) is 0 Å². The topological polar surface area (TPSA) is 43.6 Å². The molecular formula is C16H29NO3. The van der Waals surface area contributed by atoms with Gasteiger partial charge in [0.15, 0.2) is 0 Å². The Morgan fingerprint density at radius 3 is 2.40 bits per heavy atom. The van der Waals surface area contributed by atoms with Crippen LogP contribution < -0.4 is 5.32 Å². The molecule has 116 valence electrons. The molecule has 0 unspecified atom stereocenters. The molecule has 0 atom stereocenters. The van der Waals surface area contributed by atoms with E-state index >= 15 is 0 Å². The second-order valence-electron chi connectivity index (χ2n) is 6.99. The van der Waals surface area contributed by atoms with Crippen LogP contribution in [0.5, 0.6) is 0 Å². The highest BCUT2D eigenvalue weighted by Crippen LogP contribution is 2.13. The molecule has 1 N–H and O–H groups in total. The van der Waals surface area contributed by atoms with E-state index in [0.29, 0.717) is 19.8 Å². The molecule has 0 amide bonds. The average Bonchev–Trinajstić information content (AvgIpc) is 2.71. The van der Waals surface area contributed by atoms with Crippen molar-refractivity contribution in [1.82, 2.24) is 5.32 Å². The van der Waals surface area contributed by atoms with Gasteiger partial charge in [-0.15, -0.1) is 0 Å². The smallest absolute Gasteiger partial charge is 0.133 e. The van der Waals surface area contributed by atoms with Crippen molar-refractivity contribution in [3.8, 4) is 0 Å². The molecule has 4 heteroatoms. The van der Waals surface area contributed by atoms with Crippen LogP contribution in [0.3, 0.4) is 0 Å². The SMILES string of the molecule is CC(C)(C)NCc1ccoc1COCCOC(C)(C)C. The fourth-order valence-corrected chi connectivity index (χ4v) is 1.58. The molecule has 1 heterocycles. The Morgan fingerprint density at radius 2 is 1.80 bits per heavy atom. The molecule has 0 saturated carbocycles. The quantitative estimate of drug-likeness (QED) is 0.778. The van der Waals surface area contributed by atoms with Crippen LogP contribution in [0.4, 0.5) is 0 Å². The number of nitrogens with one attached hydrogen (secondary N) is 1. The second-order valence-corrected chi connectivity index (χ2v) is 6.99. The van der Waals surface area contributed by atoms with Crippen molar-refractivity contribution < 1.29 is 13.9 Å². The zero-order valence-corrected chi connectivity index (χ0v) is 13.7. The summed E-state index contributed by atoms with van der Waals surface area (Å²) in [6.07, 6.45) is 1.71. The predicted molar refractivity (Wildman–Crippen MR) is 80.7 cm³/mol. The maximum atomic E-state index is 5.60. The molecule has 0 radical (unpaired) electrons. The number of rotatable bonds is 7. The Morgan fingerprint density at radius 1 is 1.10 bits per heavy atom. The predicted octanol–water partition coefficient (Wildman–Crippen LogP) is 3.50. The molecule has 0 fully saturated rings. The second kappa shape index (κ2) is 7.25. The molecule has 1 aromatic rings. The van der Waals surface area contributed by atoms with E-state index in [-0.39, 0.29) is 11.1 Å². The largest absolute Gasteiger partial charge is 0.467 e. The summed E-state index contributed by atoms with van der Waals surface area (Å²) in [6, 6.07) is 1.99. The van der Waals surface area contributed by atoms with Crippen molar-refractivity contribution in [2.45, 2.75) is 65.8 Å². The van der Waals surface area contributed by atoms with Crippen molar-refractivity contribution >= 4 is 0 Å². The molecule has 0 aromatic carbocycles. The van der Waals surface area contributed by atoms with Gasteiger partial charge in [-0.05, 0) is 47.6 Å². The molecule has 0 spiro atoms. The lowest BCUT2D eigenvalue weighted by molar-refractivity contribution is -0.0395. The van der Waals surface area contributed by atoms with Crippen LogP contribution in [0.15, 0.2) is 16.7 Å². The molecule has 0 aliphatic rings. The maximum Gasteiger partial charge on any atom is 0.133 e. The zero-order chi connectivity index (χ0) is 15.2. The van der Waals surface area contributed by atoms with Crippen molar-refractivity contribution in [2.24, 2.45) is 0 Å². The number of hydrogen-bond acceptors (Lipinski definition) is 4. The normalized spacial score (nSPS) is 12.9. The van der Waals surface area contributed by atoms with E-state index in [2.05, 4.69) is 26.1 Å². The van der Waals surface area contributed by atoms with Crippen molar-refractivity contribution in [3.63, 3.8) is 0 Å². The van der Waals surface area contributed by atoms with Gasteiger partial charge >= 0.3 is 0 Å². The fraction of sp³-hybridized carbons (Fsp3) is 0.750. The monoisotopic (exact) mass is 283 g/mol. The fourth-order valence-electron chi connectivity index (χ4n) is 1.58. The zero-order valence-electron chi connectivity index (χ0n) is 13.7. The van der Waals surface area contributed by atoms with Crippen LogP contribution >= 0.6 is 0 Å². The lowest BCUT2D eigenvalue weighted by Gasteiger charge is -2.20. The van der Waals surface area contributed by atoms with Crippen LogP contribution in [0.2, 0.25) is 0 Å². The maximum absolute atomic E-state index is 5.60. The molecule has 0 aliphatic carbocycles. The summed E-state index contributed by atoms with van der Waals surface area (Å²) in [7, 11) is 0. The van der Waals surface area contributed by atoms with E-state index in [1.807, 2.05) is 26.8 Å². The van der Waals surface area contributed by atoms with E-state index in [1.165, 1.54) is 0 Å². The minimum atomic E-state index is -0.115. The first-order chi connectivity index (χ1) is 9.17. The highest BCUT2D eigenvalue weighted by atomic mass is 16.5. The van der Waals surface area contributed by atoms with Gasteiger partial charge in [0.2, 0.25) is 0 Å². The van der Waals surface area contributed by atoms with E-state index in [9.17, 15) is 0 Å². The average molecular weight is 283 g/mol. The summed E-state index contributed by atoms with van der Waals surface area (Å²) >= 11 is 0. The van der Waals surface area contributed by atoms with E-state index < -0.39 is 0 Å². The number of ether oxygens (including phenoxy) is 2. The summed E-state index contributed by atoms with van der Waals surface area (Å²) in [6.45, 7) is 15.0. The third-order valence-electron chi connectivity index (χ3n) is 2.64. The first-order valence-electron chi connectivity index (χ1n) is 7.19. The highest BCUT2D eigenvalue weighted by molar-refractivity contribution is 5.16. The molecule has 0 saturated heterocycles. The lowest BCUT2D eigenvalue weighted by atomic mass is 10.1. The van der Waals surface area contributed by atoms with E-state index in [4.69, 9.17) is 13.9 Å². The molecular weight excluding hydrogens is 254 g/mol. The first-order valence-corrected chi connectivity index (χ1v) is 7.19. The standard InChI is InChI=1S/C16H29NO3/c1-15(2,3)17-11-13-7-8-19-14(13)12-18-9-10-20-16(4,5)6/h7-8,17H,9-12H2,1-6H3. The lowest BCUT2D eigenvalue weighted by Crippen LogP contribution is -2.35. The van der Waals surface area contributed by atoms with Gasteiger partial charge in [-0.25, -0.2) is 0 Å². The van der Waals surface area contributed by atoms with Crippen molar-refractivity contribution in [1.29, 1.82) is 0 Å².